The molecule has 17 heavy (non-hydrogen) atoms. The van der Waals surface area contributed by atoms with Crippen LogP contribution in [0.25, 0.3) is 0 Å². The Hall–Kier alpha value is -0.950. The number of pyridine rings is 1. The van der Waals surface area contributed by atoms with Crippen molar-refractivity contribution in [2.24, 2.45) is 0 Å². The highest BCUT2D eigenvalue weighted by atomic mass is 35.5. The summed E-state index contributed by atoms with van der Waals surface area (Å²) in [5.74, 6) is -0.874. The van der Waals surface area contributed by atoms with Crippen LogP contribution in [0.15, 0.2) is 23.4 Å². The predicted octanol–water partition coefficient (Wildman–Crippen LogP) is 2.51. The van der Waals surface area contributed by atoms with Crippen LogP contribution < -0.4 is 5.32 Å². The van der Waals surface area contributed by atoms with Crippen LogP contribution in [0.1, 0.15) is 0 Å². The first-order chi connectivity index (χ1) is 7.88. The van der Waals surface area contributed by atoms with Crippen LogP contribution >= 0.6 is 23.4 Å². The molecule has 0 aliphatic heterocycles. The molecule has 0 aromatic carbocycles. The third-order valence-electron chi connectivity index (χ3n) is 1.55. The van der Waals surface area contributed by atoms with E-state index >= 15 is 0 Å². The summed E-state index contributed by atoms with van der Waals surface area (Å²) in [5.41, 5.74) is 0. The van der Waals surface area contributed by atoms with E-state index in [1.807, 2.05) is 0 Å². The lowest BCUT2D eigenvalue weighted by Gasteiger charge is -2.08. The molecular formula is C9H8ClF3N2OS. The Morgan fingerprint density at radius 2 is 2.24 bits per heavy atom. The molecule has 0 spiro atoms. The SMILES string of the molecule is O=C(CSc1ncccc1Cl)NCC(F)(F)F. The molecule has 1 heterocycles. The van der Waals surface area contributed by atoms with Gasteiger partial charge in [-0.2, -0.15) is 13.2 Å². The molecule has 1 rings (SSSR count). The number of thioether (sulfide) groups is 1. The fourth-order valence-corrected chi connectivity index (χ4v) is 1.86. The van der Waals surface area contributed by atoms with Gasteiger partial charge in [0.1, 0.15) is 11.6 Å². The van der Waals surface area contributed by atoms with Crippen molar-refractivity contribution in [2.75, 3.05) is 12.3 Å². The van der Waals surface area contributed by atoms with Crippen molar-refractivity contribution in [3.8, 4) is 0 Å². The second kappa shape index (κ2) is 6.11. The molecule has 0 radical (unpaired) electrons. The molecule has 1 N–H and O–H groups in total. The normalized spacial score (nSPS) is 11.3. The summed E-state index contributed by atoms with van der Waals surface area (Å²) in [4.78, 5) is 15.0. The van der Waals surface area contributed by atoms with Crippen molar-refractivity contribution in [1.29, 1.82) is 0 Å². The number of amides is 1. The number of halogens is 4. The number of alkyl halides is 3. The van der Waals surface area contributed by atoms with Gasteiger partial charge in [-0.1, -0.05) is 23.4 Å². The maximum Gasteiger partial charge on any atom is 0.405 e. The van der Waals surface area contributed by atoms with Crippen LogP contribution in [0.5, 0.6) is 0 Å². The van der Waals surface area contributed by atoms with E-state index in [1.165, 1.54) is 6.20 Å². The van der Waals surface area contributed by atoms with Gasteiger partial charge in [-0.3, -0.25) is 4.79 Å². The molecule has 0 atom stereocenters. The molecule has 0 saturated carbocycles. The Bertz CT molecular complexity index is 400. The number of hydrogen-bond donors (Lipinski definition) is 1. The van der Waals surface area contributed by atoms with Crippen LogP contribution in [0.4, 0.5) is 13.2 Å². The summed E-state index contributed by atoms with van der Waals surface area (Å²) in [7, 11) is 0. The summed E-state index contributed by atoms with van der Waals surface area (Å²) >= 11 is 6.75. The van der Waals surface area contributed by atoms with Crippen molar-refractivity contribution >= 4 is 29.3 Å². The second-order valence-electron chi connectivity index (χ2n) is 2.97. The Balaban J connectivity index is 2.36. The quantitative estimate of drug-likeness (QED) is 0.864. The number of hydrogen-bond acceptors (Lipinski definition) is 3. The van der Waals surface area contributed by atoms with Gasteiger partial charge in [-0.25, -0.2) is 4.98 Å². The number of carbonyl (C=O) groups excluding carboxylic acids is 1. The molecule has 94 valence electrons. The molecule has 3 nitrogen and oxygen atoms in total. The molecule has 0 saturated heterocycles. The monoisotopic (exact) mass is 284 g/mol. The smallest absolute Gasteiger partial charge is 0.346 e. The Kier molecular flexibility index (Phi) is 5.07. The van der Waals surface area contributed by atoms with Gasteiger partial charge < -0.3 is 5.32 Å². The van der Waals surface area contributed by atoms with Crippen molar-refractivity contribution in [3.63, 3.8) is 0 Å². The molecular weight excluding hydrogens is 277 g/mol. The molecule has 0 bridgehead atoms. The average Bonchev–Trinajstić information content (AvgIpc) is 2.24. The first-order valence-corrected chi connectivity index (χ1v) is 5.81. The van der Waals surface area contributed by atoms with E-state index < -0.39 is 18.6 Å². The Morgan fingerprint density at radius 3 is 2.82 bits per heavy atom. The highest BCUT2D eigenvalue weighted by molar-refractivity contribution is 8.00. The van der Waals surface area contributed by atoms with E-state index in [2.05, 4.69) is 4.98 Å². The van der Waals surface area contributed by atoms with E-state index in [4.69, 9.17) is 11.6 Å². The van der Waals surface area contributed by atoms with Gasteiger partial charge in [0.25, 0.3) is 0 Å². The highest BCUT2D eigenvalue weighted by Gasteiger charge is 2.27. The summed E-state index contributed by atoms with van der Waals surface area (Å²) in [6.45, 7) is -1.33. The second-order valence-corrected chi connectivity index (χ2v) is 4.34. The van der Waals surface area contributed by atoms with Gasteiger partial charge in [0.15, 0.2) is 0 Å². The summed E-state index contributed by atoms with van der Waals surface area (Å²) in [6.07, 6.45) is -2.91. The number of carbonyl (C=O) groups is 1. The average molecular weight is 285 g/mol. The standard InChI is InChI=1S/C9H8ClF3N2OS/c10-6-2-1-3-14-8(6)17-4-7(16)15-5-9(11,12)13/h1-3H,4-5H2,(H,15,16). The zero-order valence-electron chi connectivity index (χ0n) is 8.42. The molecule has 0 aliphatic carbocycles. The third kappa shape index (κ3) is 5.78. The summed E-state index contributed by atoms with van der Waals surface area (Å²) in [6, 6.07) is 3.21. The maximum atomic E-state index is 11.8. The van der Waals surface area contributed by atoms with Gasteiger partial charge in [0.2, 0.25) is 5.91 Å². The first-order valence-electron chi connectivity index (χ1n) is 4.45. The van der Waals surface area contributed by atoms with Crippen molar-refractivity contribution in [2.45, 2.75) is 11.2 Å². The number of rotatable bonds is 4. The highest BCUT2D eigenvalue weighted by Crippen LogP contribution is 2.23. The predicted molar refractivity (Wildman–Crippen MR) is 59.0 cm³/mol. The molecule has 0 unspecified atom stereocenters. The fourth-order valence-electron chi connectivity index (χ4n) is 0.861. The molecule has 8 heteroatoms. The molecule has 1 aromatic heterocycles. The van der Waals surface area contributed by atoms with Gasteiger partial charge in [0.05, 0.1) is 10.8 Å². The Labute approximate surface area is 105 Å². The molecule has 1 amide bonds. The molecule has 0 fully saturated rings. The van der Waals surface area contributed by atoms with Crippen molar-refractivity contribution in [1.82, 2.24) is 10.3 Å². The minimum absolute atomic E-state index is 0.160. The number of aromatic nitrogens is 1. The lowest BCUT2D eigenvalue weighted by molar-refractivity contribution is -0.136. The first kappa shape index (κ1) is 14.1. The maximum absolute atomic E-state index is 11.8. The van der Waals surface area contributed by atoms with Crippen LogP contribution in [0.3, 0.4) is 0 Å². The van der Waals surface area contributed by atoms with E-state index in [0.29, 0.717) is 10.0 Å². The van der Waals surface area contributed by atoms with E-state index in [0.717, 1.165) is 11.8 Å². The van der Waals surface area contributed by atoms with Crippen LogP contribution in [-0.4, -0.2) is 29.4 Å². The third-order valence-corrected chi connectivity index (χ3v) is 2.97. The summed E-state index contributed by atoms with van der Waals surface area (Å²) in [5, 5.41) is 2.53. The lowest BCUT2D eigenvalue weighted by Crippen LogP contribution is -2.34. The van der Waals surface area contributed by atoms with Crippen LogP contribution in [-0.2, 0) is 4.79 Å². The number of nitrogens with one attached hydrogen (secondary N) is 1. The van der Waals surface area contributed by atoms with Gasteiger partial charge in [0, 0.05) is 6.20 Å². The topological polar surface area (TPSA) is 42.0 Å². The van der Waals surface area contributed by atoms with Crippen LogP contribution in [0.2, 0.25) is 5.02 Å². The van der Waals surface area contributed by atoms with E-state index in [-0.39, 0.29) is 5.75 Å². The summed E-state index contributed by atoms with van der Waals surface area (Å²) < 4.78 is 35.4. The zero-order chi connectivity index (χ0) is 12.9. The van der Waals surface area contributed by atoms with Crippen molar-refractivity contribution < 1.29 is 18.0 Å². The van der Waals surface area contributed by atoms with Gasteiger partial charge in [-0.05, 0) is 12.1 Å². The van der Waals surface area contributed by atoms with Gasteiger partial charge in [-0.15, -0.1) is 0 Å². The van der Waals surface area contributed by atoms with Crippen molar-refractivity contribution in [3.05, 3.63) is 23.4 Å². The van der Waals surface area contributed by atoms with E-state index in [1.54, 1.807) is 17.4 Å². The van der Waals surface area contributed by atoms with E-state index in [9.17, 15) is 18.0 Å². The van der Waals surface area contributed by atoms with Crippen LogP contribution in [0, 0.1) is 0 Å². The lowest BCUT2D eigenvalue weighted by atomic mass is 10.5. The fraction of sp³-hybridized carbons (Fsp3) is 0.333. The zero-order valence-corrected chi connectivity index (χ0v) is 9.99. The minimum atomic E-state index is -4.40. The Morgan fingerprint density at radius 1 is 1.53 bits per heavy atom. The molecule has 0 aliphatic rings. The minimum Gasteiger partial charge on any atom is -0.346 e. The largest absolute Gasteiger partial charge is 0.405 e. The molecule has 1 aromatic rings. The number of nitrogens with zero attached hydrogens (tertiary/aromatic N) is 1. The van der Waals surface area contributed by atoms with Gasteiger partial charge >= 0.3 is 6.18 Å².